The molecule has 9 heteroatoms. The zero-order valence-electron chi connectivity index (χ0n) is 16.9. The lowest BCUT2D eigenvalue weighted by atomic mass is 10.1. The van der Waals surface area contributed by atoms with Gasteiger partial charge in [0.05, 0.1) is 24.0 Å². The van der Waals surface area contributed by atoms with Crippen molar-refractivity contribution in [3.8, 4) is 23.4 Å². The van der Waals surface area contributed by atoms with Crippen LogP contribution in [0.4, 0.5) is 10.3 Å². The second-order valence-electron chi connectivity index (χ2n) is 6.49. The van der Waals surface area contributed by atoms with Crippen LogP contribution in [-0.4, -0.2) is 42.4 Å². The zero-order chi connectivity index (χ0) is 22.3. The van der Waals surface area contributed by atoms with E-state index in [9.17, 15) is 4.39 Å². The zero-order valence-corrected chi connectivity index (χ0v) is 16.9. The van der Waals surface area contributed by atoms with Crippen LogP contribution in [0.2, 0.25) is 0 Å². The van der Waals surface area contributed by atoms with E-state index >= 15 is 0 Å². The number of fused-ring (bicyclic) bond motifs is 1. The average Bonchev–Trinajstić information content (AvgIpc) is 3.28. The average molecular weight is 424 g/mol. The fourth-order valence-electron chi connectivity index (χ4n) is 2.76. The minimum atomic E-state index is -0.799. The third-order valence-electron chi connectivity index (χ3n) is 4.24. The smallest absolute Gasteiger partial charge is 0.223 e. The van der Waals surface area contributed by atoms with Crippen molar-refractivity contribution in [3.05, 3.63) is 85.4 Å². The fraction of sp³-hybridized carbons (Fsp3) is 0.0435. The molecule has 0 bridgehead atoms. The molecule has 0 spiro atoms. The summed E-state index contributed by atoms with van der Waals surface area (Å²) >= 11 is 0. The predicted molar refractivity (Wildman–Crippen MR) is 122 cm³/mol. The molecule has 32 heavy (non-hydrogen) atoms. The number of rotatable bonds is 6. The van der Waals surface area contributed by atoms with Crippen molar-refractivity contribution >= 4 is 22.6 Å². The van der Waals surface area contributed by atoms with Gasteiger partial charge in [-0.3, -0.25) is 5.10 Å². The van der Waals surface area contributed by atoms with Gasteiger partial charge in [-0.1, -0.05) is 12.5 Å². The Morgan fingerprint density at radius 2 is 2.03 bits per heavy atom. The highest BCUT2D eigenvalue weighted by atomic mass is 19.1. The molecule has 0 unspecified atom stereocenters. The van der Waals surface area contributed by atoms with E-state index in [0.29, 0.717) is 28.9 Å². The maximum absolute atomic E-state index is 12.9. The van der Waals surface area contributed by atoms with Gasteiger partial charge < -0.3 is 5.32 Å². The number of aliphatic imine (C=N–C) groups is 1. The molecular formula is C23H17FN8. The molecule has 0 amide bonds. The quantitative estimate of drug-likeness (QED) is 0.278. The molecule has 4 rings (SSSR count). The number of benzene rings is 1. The number of nitrogens with zero attached hydrogens (tertiary/aromatic N) is 6. The van der Waals surface area contributed by atoms with Crippen molar-refractivity contribution in [1.29, 1.82) is 0 Å². The minimum Gasteiger partial charge on any atom is -0.349 e. The lowest BCUT2D eigenvalue weighted by molar-refractivity contribution is 0.633. The summed E-state index contributed by atoms with van der Waals surface area (Å²) in [5.41, 5.74) is 3.24. The molecule has 0 aliphatic rings. The molecule has 4 aromatic rings. The molecule has 3 aromatic heterocycles. The van der Waals surface area contributed by atoms with Crippen LogP contribution in [0.3, 0.4) is 0 Å². The maximum atomic E-state index is 12.9. The van der Waals surface area contributed by atoms with Crippen molar-refractivity contribution < 1.29 is 4.39 Å². The van der Waals surface area contributed by atoms with Crippen molar-refractivity contribution in [2.75, 3.05) is 11.9 Å². The number of halogens is 1. The van der Waals surface area contributed by atoms with Gasteiger partial charge in [0.2, 0.25) is 11.9 Å². The molecule has 0 radical (unpaired) electrons. The third-order valence-corrected chi connectivity index (χ3v) is 4.24. The SMILES string of the molecule is C=C/C(CNc1nccc(-c2nccc(C#Cc3ccc4[nH]ncc4c3)n2)n1)=N\C(=C)F. The van der Waals surface area contributed by atoms with Crippen LogP contribution < -0.4 is 5.32 Å². The number of hydrogen-bond donors (Lipinski definition) is 2. The Morgan fingerprint density at radius 1 is 1.16 bits per heavy atom. The van der Waals surface area contributed by atoms with Crippen LogP contribution in [0.5, 0.6) is 0 Å². The van der Waals surface area contributed by atoms with Crippen LogP contribution in [0.1, 0.15) is 11.3 Å². The van der Waals surface area contributed by atoms with Gasteiger partial charge in [0, 0.05) is 23.3 Å². The molecule has 0 atom stereocenters. The van der Waals surface area contributed by atoms with Crippen molar-refractivity contribution in [2.24, 2.45) is 4.99 Å². The van der Waals surface area contributed by atoms with Gasteiger partial charge in [-0.05, 0) is 48.9 Å². The molecule has 0 saturated heterocycles. The van der Waals surface area contributed by atoms with Crippen LogP contribution in [0.25, 0.3) is 22.4 Å². The highest BCUT2D eigenvalue weighted by Crippen LogP contribution is 2.14. The predicted octanol–water partition coefficient (Wildman–Crippen LogP) is 3.69. The number of aromatic nitrogens is 6. The van der Waals surface area contributed by atoms with Gasteiger partial charge in [-0.2, -0.15) is 9.49 Å². The van der Waals surface area contributed by atoms with Crippen molar-refractivity contribution in [3.63, 3.8) is 0 Å². The molecule has 156 valence electrons. The van der Waals surface area contributed by atoms with Gasteiger partial charge in [0.1, 0.15) is 11.4 Å². The maximum Gasteiger partial charge on any atom is 0.223 e. The number of H-pyrrole nitrogens is 1. The van der Waals surface area contributed by atoms with Crippen LogP contribution >= 0.6 is 0 Å². The second-order valence-corrected chi connectivity index (χ2v) is 6.49. The summed E-state index contributed by atoms with van der Waals surface area (Å²) in [5.74, 6) is 6.07. The lowest BCUT2D eigenvalue weighted by Crippen LogP contribution is -2.14. The summed E-state index contributed by atoms with van der Waals surface area (Å²) < 4.78 is 12.9. The summed E-state index contributed by atoms with van der Waals surface area (Å²) in [5, 5.41) is 10.9. The Labute approximate surface area is 183 Å². The molecular weight excluding hydrogens is 407 g/mol. The molecule has 0 aliphatic heterocycles. The summed E-state index contributed by atoms with van der Waals surface area (Å²) in [7, 11) is 0. The van der Waals surface area contributed by atoms with Crippen molar-refractivity contribution in [1.82, 2.24) is 30.1 Å². The number of hydrogen-bond acceptors (Lipinski definition) is 7. The van der Waals surface area contributed by atoms with E-state index in [1.54, 1.807) is 30.7 Å². The van der Waals surface area contributed by atoms with Gasteiger partial charge in [0.15, 0.2) is 5.82 Å². The van der Waals surface area contributed by atoms with Crippen LogP contribution in [0.15, 0.2) is 79.1 Å². The second kappa shape index (κ2) is 9.40. The van der Waals surface area contributed by atoms with E-state index in [1.807, 2.05) is 18.2 Å². The standard InChI is InChI=1S/C23H17FN8/c1-3-18(29-15(2)24)14-27-23-26-11-9-21(31-23)22-25-10-8-19(30-22)6-4-16-5-7-20-17(12-16)13-28-32-20/h3,5,7-13H,1-2,14H2,(H,28,32)(H,26,27,31)/b29-18+. The first-order chi connectivity index (χ1) is 15.6. The molecule has 0 fully saturated rings. The van der Waals surface area contributed by atoms with E-state index in [2.05, 4.69) is 65.4 Å². The largest absolute Gasteiger partial charge is 0.349 e. The van der Waals surface area contributed by atoms with Gasteiger partial charge >= 0.3 is 0 Å². The highest BCUT2D eigenvalue weighted by Gasteiger charge is 2.06. The third kappa shape index (κ3) is 5.06. The van der Waals surface area contributed by atoms with E-state index < -0.39 is 5.95 Å². The first-order valence-electron chi connectivity index (χ1n) is 9.50. The number of anilines is 1. The molecule has 8 nitrogen and oxygen atoms in total. The van der Waals surface area contributed by atoms with E-state index in [-0.39, 0.29) is 6.54 Å². The van der Waals surface area contributed by atoms with E-state index in [4.69, 9.17) is 0 Å². The normalized spacial score (nSPS) is 11.0. The Bertz CT molecular complexity index is 1390. The molecule has 3 heterocycles. The summed E-state index contributed by atoms with van der Waals surface area (Å²) in [4.78, 5) is 21.0. The van der Waals surface area contributed by atoms with Gasteiger partial charge in [-0.15, -0.1) is 0 Å². The molecule has 0 aliphatic carbocycles. The number of nitrogens with one attached hydrogen (secondary N) is 2. The number of aromatic amines is 1. The topological polar surface area (TPSA) is 105 Å². The Morgan fingerprint density at radius 3 is 2.88 bits per heavy atom. The Kier molecular flexibility index (Phi) is 6.04. The molecule has 2 N–H and O–H groups in total. The summed E-state index contributed by atoms with van der Waals surface area (Å²) in [6, 6.07) is 9.21. The summed E-state index contributed by atoms with van der Waals surface area (Å²) in [6.07, 6.45) is 6.38. The van der Waals surface area contributed by atoms with Crippen molar-refractivity contribution in [2.45, 2.75) is 0 Å². The first kappa shape index (κ1) is 20.6. The van der Waals surface area contributed by atoms with Crippen LogP contribution in [0, 0.1) is 11.8 Å². The van der Waals surface area contributed by atoms with Gasteiger partial charge in [0.25, 0.3) is 0 Å². The highest BCUT2D eigenvalue weighted by molar-refractivity contribution is 5.98. The van der Waals surface area contributed by atoms with E-state index in [1.165, 1.54) is 6.08 Å². The van der Waals surface area contributed by atoms with Gasteiger partial charge in [-0.25, -0.2) is 24.9 Å². The van der Waals surface area contributed by atoms with E-state index in [0.717, 1.165) is 16.5 Å². The van der Waals surface area contributed by atoms with Crippen LogP contribution in [-0.2, 0) is 0 Å². The Balaban J connectivity index is 1.53. The molecule has 0 saturated carbocycles. The first-order valence-corrected chi connectivity index (χ1v) is 9.50. The summed E-state index contributed by atoms with van der Waals surface area (Å²) in [6.45, 7) is 6.89. The molecule has 1 aromatic carbocycles. The Hall–Kier alpha value is -4.71. The monoisotopic (exact) mass is 424 g/mol. The fourth-order valence-corrected chi connectivity index (χ4v) is 2.76. The lowest BCUT2D eigenvalue weighted by Gasteiger charge is -2.06. The minimum absolute atomic E-state index is 0.184.